The molecule has 3 aromatic rings. The van der Waals surface area contributed by atoms with Crippen LogP contribution in [0.15, 0.2) is 70.7 Å². The predicted molar refractivity (Wildman–Crippen MR) is 99.5 cm³/mol. The highest BCUT2D eigenvalue weighted by molar-refractivity contribution is 6.32. The number of hydrogen-bond acceptors (Lipinski definition) is 5. The first-order chi connectivity index (χ1) is 12.6. The lowest BCUT2D eigenvalue weighted by atomic mass is 10.1. The minimum absolute atomic E-state index is 0.0396. The number of carboxylic acid groups (broad SMARTS) is 1. The van der Waals surface area contributed by atoms with Crippen LogP contribution in [0.2, 0.25) is 5.02 Å². The van der Waals surface area contributed by atoms with Gasteiger partial charge in [-0.05, 0) is 29.8 Å². The highest BCUT2D eigenvalue weighted by Gasteiger charge is 2.10. The Morgan fingerprint density at radius 3 is 2.50 bits per heavy atom. The summed E-state index contributed by atoms with van der Waals surface area (Å²) in [7, 11) is 0. The summed E-state index contributed by atoms with van der Waals surface area (Å²) < 4.78 is 1.20. The fraction of sp³-hybridized carbons (Fsp3) is 0. The molecular weight excluding hydrogens is 356 g/mol. The third kappa shape index (κ3) is 3.79. The highest BCUT2D eigenvalue weighted by Crippen LogP contribution is 2.16. The Kier molecular flexibility index (Phi) is 5.09. The van der Waals surface area contributed by atoms with Crippen molar-refractivity contribution in [2.75, 3.05) is 5.43 Å². The van der Waals surface area contributed by atoms with Crippen LogP contribution in [0.25, 0.3) is 5.69 Å². The Hall–Kier alpha value is -3.45. The maximum atomic E-state index is 12.3. The van der Waals surface area contributed by atoms with Gasteiger partial charge in [-0.3, -0.25) is 10.2 Å². The van der Waals surface area contributed by atoms with E-state index in [4.69, 9.17) is 16.7 Å². The van der Waals surface area contributed by atoms with Gasteiger partial charge in [0.15, 0.2) is 0 Å². The van der Waals surface area contributed by atoms with Crippen molar-refractivity contribution in [3.05, 3.63) is 87.3 Å². The Balaban J connectivity index is 1.77. The van der Waals surface area contributed by atoms with Gasteiger partial charge in [0.05, 0.1) is 23.7 Å². The molecule has 0 aliphatic rings. The van der Waals surface area contributed by atoms with E-state index >= 15 is 0 Å². The minimum Gasteiger partial charge on any atom is -0.478 e. The molecule has 0 aliphatic carbocycles. The molecule has 0 saturated carbocycles. The number of halogens is 1. The molecule has 0 unspecified atom stereocenters. The van der Waals surface area contributed by atoms with E-state index in [0.717, 1.165) is 0 Å². The predicted octanol–water partition coefficient (Wildman–Crippen LogP) is 3.03. The number of nitrogens with one attached hydrogen (secondary N) is 1. The first-order valence-electron chi connectivity index (χ1n) is 7.52. The fourth-order valence-corrected chi connectivity index (χ4v) is 2.32. The normalized spacial score (nSPS) is 10.8. The molecule has 0 aliphatic heterocycles. The van der Waals surface area contributed by atoms with Gasteiger partial charge in [0, 0.05) is 0 Å². The van der Waals surface area contributed by atoms with Crippen molar-refractivity contribution in [3.8, 4) is 5.69 Å². The van der Waals surface area contributed by atoms with E-state index in [1.165, 1.54) is 29.2 Å². The van der Waals surface area contributed by atoms with Crippen LogP contribution in [0.5, 0.6) is 0 Å². The van der Waals surface area contributed by atoms with E-state index in [9.17, 15) is 9.59 Å². The van der Waals surface area contributed by atoms with Gasteiger partial charge in [-0.15, -0.1) is 0 Å². The summed E-state index contributed by atoms with van der Waals surface area (Å²) >= 11 is 6.11. The van der Waals surface area contributed by atoms with Crippen molar-refractivity contribution in [1.82, 2.24) is 9.78 Å². The summed E-state index contributed by atoms with van der Waals surface area (Å²) in [6, 6.07) is 15.1. The maximum absolute atomic E-state index is 12.3. The summed E-state index contributed by atoms with van der Waals surface area (Å²) in [5, 5.41) is 16.9. The first-order valence-corrected chi connectivity index (χ1v) is 7.90. The topological polar surface area (TPSA) is 96.6 Å². The number of aromatic carboxylic acids is 1. The SMILES string of the molecule is O=C(O)c1ccc(/C=N/Nc2cnn(-c3ccccc3)c(=O)c2Cl)cc1. The standard InChI is InChI=1S/C18H13ClN4O3/c19-16-15(11-21-23(17(16)24)14-4-2-1-3-5-14)22-20-10-12-6-8-13(9-7-12)18(25)26/h1-11,22H,(H,25,26)/b20-10+. The average Bonchev–Trinajstić information content (AvgIpc) is 2.66. The number of anilines is 1. The second kappa shape index (κ2) is 7.62. The molecule has 0 radical (unpaired) electrons. The number of nitrogens with zero attached hydrogens (tertiary/aromatic N) is 3. The van der Waals surface area contributed by atoms with Crippen LogP contribution in [0.3, 0.4) is 0 Å². The lowest BCUT2D eigenvalue weighted by Crippen LogP contribution is -2.22. The molecule has 26 heavy (non-hydrogen) atoms. The van der Waals surface area contributed by atoms with Gasteiger partial charge >= 0.3 is 5.97 Å². The zero-order valence-electron chi connectivity index (χ0n) is 13.3. The molecule has 0 fully saturated rings. The zero-order chi connectivity index (χ0) is 18.5. The molecule has 0 bridgehead atoms. The Morgan fingerprint density at radius 1 is 1.15 bits per heavy atom. The van der Waals surface area contributed by atoms with E-state index < -0.39 is 11.5 Å². The van der Waals surface area contributed by atoms with Gasteiger partial charge in [-0.2, -0.15) is 14.9 Å². The monoisotopic (exact) mass is 368 g/mol. The third-order valence-corrected chi connectivity index (χ3v) is 3.84. The molecule has 3 rings (SSSR count). The van der Waals surface area contributed by atoms with E-state index in [2.05, 4.69) is 15.6 Å². The van der Waals surface area contributed by atoms with Gasteiger partial charge in [0.1, 0.15) is 10.7 Å². The fourth-order valence-electron chi connectivity index (χ4n) is 2.15. The Labute approximate surface area is 153 Å². The number of rotatable bonds is 5. The minimum atomic E-state index is -0.997. The molecule has 0 amide bonds. The molecule has 8 heteroatoms. The first kappa shape index (κ1) is 17.4. The number of aromatic nitrogens is 2. The second-order valence-electron chi connectivity index (χ2n) is 5.22. The molecule has 7 nitrogen and oxygen atoms in total. The third-order valence-electron chi connectivity index (χ3n) is 3.48. The van der Waals surface area contributed by atoms with Crippen LogP contribution >= 0.6 is 11.6 Å². The van der Waals surface area contributed by atoms with E-state index in [1.807, 2.05) is 6.07 Å². The van der Waals surface area contributed by atoms with Crippen molar-refractivity contribution in [2.45, 2.75) is 0 Å². The molecule has 0 atom stereocenters. The van der Waals surface area contributed by atoms with Gasteiger partial charge in [0.2, 0.25) is 0 Å². The van der Waals surface area contributed by atoms with Crippen molar-refractivity contribution >= 4 is 29.5 Å². The van der Waals surface area contributed by atoms with Gasteiger partial charge in [-0.1, -0.05) is 41.9 Å². The number of carbonyl (C=O) groups is 1. The van der Waals surface area contributed by atoms with E-state index in [-0.39, 0.29) is 16.3 Å². The van der Waals surface area contributed by atoms with E-state index in [1.54, 1.807) is 36.4 Å². The number of hydrogen-bond donors (Lipinski definition) is 2. The van der Waals surface area contributed by atoms with E-state index in [0.29, 0.717) is 11.3 Å². The number of benzene rings is 2. The number of hydrazone groups is 1. The lowest BCUT2D eigenvalue weighted by Gasteiger charge is -2.07. The van der Waals surface area contributed by atoms with Crippen LogP contribution in [0.4, 0.5) is 5.69 Å². The summed E-state index contributed by atoms with van der Waals surface area (Å²) in [5.41, 5.74) is 3.94. The van der Waals surface area contributed by atoms with Crippen molar-refractivity contribution in [3.63, 3.8) is 0 Å². The zero-order valence-corrected chi connectivity index (χ0v) is 14.1. The molecule has 1 aromatic heterocycles. The molecule has 2 aromatic carbocycles. The Bertz CT molecular complexity index is 1010. The quantitative estimate of drug-likeness (QED) is 0.533. The molecule has 1 heterocycles. The molecule has 2 N–H and O–H groups in total. The molecule has 0 spiro atoms. The van der Waals surface area contributed by atoms with Crippen molar-refractivity contribution in [2.24, 2.45) is 5.10 Å². The molecular formula is C18H13ClN4O3. The van der Waals surface area contributed by atoms with Crippen LogP contribution in [-0.2, 0) is 0 Å². The summed E-state index contributed by atoms with van der Waals surface area (Å²) in [4.78, 5) is 23.2. The van der Waals surface area contributed by atoms with Gasteiger partial charge < -0.3 is 5.11 Å². The van der Waals surface area contributed by atoms with Crippen LogP contribution in [0.1, 0.15) is 15.9 Å². The van der Waals surface area contributed by atoms with Crippen molar-refractivity contribution < 1.29 is 9.90 Å². The largest absolute Gasteiger partial charge is 0.478 e. The second-order valence-corrected chi connectivity index (χ2v) is 5.60. The summed E-state index contributed by atoms with van der Waals surface area (Å²) in [6.07, 6.45) is 2.88. The van der Waals surface area contributed by atoms with Crippen LogP contribution in [-0.4, -0.2) is 27.1 Å². The molecule has 130 valence electrons. The number of carboxylic acids is 1. The summed E-state index contributed by atoms with van der Waals surface area (Å²) in [5.74, 6) is -0.997. The lowest BCUT2D eigenvalue weighted by molar-refractivity contribution is 0.0697. The molecule has 0 saturated heterocycles. The van der Waals surface area contributed by atoms with Crippen molar-refractivity contribution in [1.29, 1.82) is 0 Å². The number of para-hydroxylation sites is 1. The smallest absolute Gasteiger partial charge is 0.335 e. The highest BCUT2D eigenvalue weighted by atomic mass is 35.5. The maximum Gasteiger partial charge on any atom is 0.335 e. The van der Waals surface area contributed by atoms with Gasteiger partial charge in [-0.25, -0.2) is 4.79 Å². The Morgan fingerprint density at radius 2 is 1.85 bits per heavy atom. The van der Waals surface area contributed by atoms with Gasteiger partial charge in [0.25, 0.3) is 5.56 Å². The summed E-state index contributed by atoms with van der Waals surface area (Å²) in [6.45, 7) is 0. The average molecular weight is 369 g/mol. The van der Waals surface area contributed by atoms with Crippen LogP contribution < -0.4 is 11.0 Å². The van der Waals surface area contributed by atoms with Crippen LogP contribution in [0, 0.1) is 0 Å².